The van der Waals surface area contributed by atoms with Crippen molar-refractivity contribution >= 4 is 74.1 Å². The fourth-order valence-corrected chi connectivity index (χ4v) is 9.44. The minimum atomic E-state index is -0.220. The van der Waals surface area contributed by atoms with Crippen molar-refractivity contribution in [2.24, 2.45) is 27.1 Å². The Labute approximate surface area is 415 Å². The molecule has 384 valence electrons. The molecular formula is C52H96N4O7S3. The summed E-state index contributed by atoms with van der Waals surface area (Å²) in [6.07, 6.45) is 11.1. The van der Waals surface area contributed by atoms with E-state index in [0.717, 1.165) is 62.3 Å². The van der Waals surface area contributed by atoms with Gasteiger partial charge in [0.1, 0.15) is 28.9 Å². The van der Waals surface area contributed by atoms with Gasteiger partial charge in [0, 0.05) is 62.9 Å². The summed E-state index contributed by atoms with van der Waals surface area (Å²) >= 11 is 1.59. The molecule has 0 spiro atoms. The summed E-state index contributed by atoms with van der Waals surface area (Å²) in [5.74, 6) is 4.16. The standard InChI is InChI=1S/C15H25NO3S.C11H19N3O.C11H22OS2.C8H16O.C7H14O/c1-11(17)6-5-8-16-13(18)10-12(14(16)19)20-9-7-15(2,3)4;1-9(15)7-10-8-14(13-12-10)6-5-11(2,3)4;1-10(12)6-5-8-13-14-9-7-11(2,3)4;1-7(9)5-6-8(2,3)4;1-6(8)5-7(2,3)4/h12H,5-10H2,1-4H3;8H,5-7H2,1-4H3;5-9H2,1-4H3;5-6H2,1-4H3;5H2,1-4H3. The van der Waals surface area contributed by atoms with Gasteiger partial charge < -0.3 is 19.2 Å². The van der Waals surface area contributed by atoms with Crippen LogP contribution in [0.4, 0.5) is 0 Å². The molecule has 1 unspecified atom stereocenters. The number of imide groups is 1. The van der Waals surface area contributed by atoms with Crippen LogP contribution in [-0.4, -0.2) is 89.7 Å². The number of likely N-dealkylation sites (tertiary alicyclic amines) is 1. The van der Waals surface area contributed by atoms with Crippen LogP contribution < -0.4 is 0 Å². The maximum Gasteiger partial charge on any atom is 0.242 e. The summed E-state index contributed by atoms with van der Waals surface area (Å²) in [4.78, 5) is 78.7. The van der Waals surface area contributed by atoms with Gasteiger partial charge in [0.15, 0.2) is 0 Å². The van der Waals surface area contributed by atoms with Gasteiger partial charge in [0.2, 0.25) is 11.8 Å². The summed E-state index contributed by atoms with van der Waals surface area (Å²) in [6.45, 7) is 41.8. The molecule has 1 atom stereocenters. The normalized spacial score (nSPS) is 14.1. The second-order valence-corrected chi connectivity index (χ2v) is 27.7. The van der Waals surface area contributed by atoms with E-state index in [2.05, 4.69) is 114 Å². The number of aryl methyl sites for hydroxylation is 1. The Morgan fingerprint density at radius 1 is 0.561 bits per heavy atom. The summed E-state index contributed by atoms with van der Waals surface area (Å²) in [6, 6.07) is 0. The quantitative estimate of drug-likeness (QED) is 0.0654. The van der Waals surface area contributed by atoms with Gasteiger partial charge in [-0.3, -0.25) is 24.0 Å². The number of hydrogen-bond acceptors (Lipinski definition) is 12. The second kappa shape index (κ2) is 34.1. The van der Waals surface area contributed by atoms with Crippen molar-refractivity contribution in [1.29, 1.82) is 0 Å². The number of carbonyl (C=O) groups excluding carboxylic acids is 7. The number of Topliss-reactive ketones (excluding diaryl/α,β-unsaturated/α-hetero) is 5. The Hall–Kier alpha value is -2.32. The molecule has 0 saturated carbocycles. The lowest BCUT2D eigenvalue weighted by Crippen LogP contribution is -2.32. The van der Waals surface area contributed by atoms with E-state index < -0.39 is 0 Å². The molecule has 11 nitrogen and oxygen atoms in total. The molecule has 1 saturated heterocycles. The molecule has 2 rings (SSSR count). The van der Waals surface area contributed by atoms with Crippen LogP contribution in [0.25, 0.3) is 0 Å². The van der Waals surface area contributed by atoms with E-state index in [-0.39, 0.29) is 45.2 Å². The first kappa shape index (κ1) is 67.9. The molecule has 2 amide bonds. The summed E-state index contributed by atoms with van der Waals surface area (Å²) in [7, 11) is 3.84. The zero-order valence-electron chi connectivity index (χ0n) is 45.5. The summed E-state index contributed by atoms with van der Waals surface area (Å²) in [5, 5.41) is 7.72. The van der Waals surface area contributed by atoms with Crippen LogP contribution >= 0.6 is 33.3 Å². The van der Waals surface area contributed by atoms with Gasteiger partial charge in [0.05, 0.1) is 17.4 Å². The van der Waals surface area contributed by atoms with Crippen molar-refractivity contribution in [3.63, 3.8) is 0 Å². The minimum absolute atomic E-state index is 0.0718. The first-order valence-electron chi connectivity index (χ1n) is 23.9. The average Bonchev–Trinajstić information content (AvgIpc) is 3.66. The van der Waals surface area contributed by atoms with E-state index in [9.17, 15) is 33.6 Å². The van der Waals surface area contributed by atoms with Crippen LogP contribution in [0.3, 0.4) is 0 Å². The Morgan fingerprint density at radius 2 is 1.03 bits per heavy atom. The first-order valence-corrected chi connectivity index (χ1v) is 27.4. The van der Waals surface area contributed by atoms with Crippen molar-refractivity contribution in [2.75, 3.05) is 23.8 Å². The van der Waals surface area contributed by atoms with E-state index >= 15 is 0 Å². The highest BCUT2D eigenvalue weighted by atomic mass is 33.1. The van der Waals surface area contributed by atoms with Crippen LogP contribution in [-0.2, 0) is 46.5 Å². The van der Waals surface area contributed by atoms with E-state index in [0.29, 0.717) is 66.5 Å². The van der Waals surface area contributed by atoms with Gasteiger partial charge in [-0.25, -0.2) is 0 Å². The van der Waals surface area contributed by atoms with Crippen LogP contribution in [0, 0.1) is 27.1 Å². The molecule has 0 N–H and O–H groups in total. The molecule has 66 heavy (non-hydrogen) atoms. The van der Waals surface area contributed by atoms with Crippen LogP contribution in [0.2, 0.25) is 0 Å². The number of rotatable bonds is 21. The van der Waals surface area contributed by atoms with E-state index in [4.69, 9.17) is 0 Å². The molecule has 0 bridgehead atoms. The predicted octanol–water partition coefficient (Wildman–Crippen LogP) is 13.1. The first-order chi connectivity index (χ1) is 29.8. The molecular weight excluding hydrogens is 889 g/mol. The largest absolute Gasteiger partial charge is 0.300 e. The molecule has 1 aliphatic rings. The molecule has 0 radical (unpaired) electrons. The summed E-state index contributed by atoms with van der Waals surface area (Å²) < 4.78 is 1.81. The van der Waals surface area contributed by atoms with Crippen LogP contribution in [0.15, 0.2) is 6.20 Å². The molecule has 2 heterocycles. The number of carbonyl (C=O) groups is 7. The number of ketones is 5. The zero-order chi connectivity index (χ0) is 52.1. The van der Waals surface area contributed by atoms with Crippen molar-refractivity contribution in [3.8, 4) is 0 Å². The van der Waals surface area contributed by atoms with E-state index in [1.54, 1.807) is 39.5 Å². The van der Waals surface area contributed by atoms with E-state index in [1.807, 2.05) is 32.5 Å². The number of nitrogens with zero attached hydrogens (tertiary/aromatic N) is 4. The van der Waals surface area contributed by atoms with Crippen molar-refractivity contribution in [1.82, 2.24) is 19.9 Å². The Balaban J connectivity index is -0.000000781. The fraction of sp³-hybridized carbons (Fsp3) is 0.827. The topological polar surface area (TPSA) is 153 Å². The highest BCUT2D eigenvalue weighted by molar-refractivity contribution is 8.76. The van der Waals surface area contributed by atoms with Crippen molar-refractivity contribution in [2.45, 2.75) is 227 Å². The van der Waals surface area contributed by atoms with Crippen molar-refractivity contribution in [3.05, 3.63) is 11.9 Å². The lowest BCUT2D eigenvalue weighted by atomic mass is 9.90. The zero-order valence-corrected chi connectivity index (χ0v) is 48.0. The number of amides is 2. The smallest absolute Gasteiger partial charge is 0.242 e. The third-order valence-electron chi connectivity index (χ3n) is 9.17. The molecule has 0 aliphatic carbocycles. The lowest BCUT2D eigenvalue weighted by Gasteiger charge is -2.18. The van der Waals surface area contributed by atoms with Gasteiger partial charge in [0.25, 0.3) is 0 Å². The maximum absolute atomic E-state index is 12.1. The minimum Gasteiger partial charge on any atom is -0.300 e. The monoisotopic (exact) mass is 985 g/mol. The molecule has 1 aromatic heterocycles. The Morgan fingerprint density at radius 3 is 1.44 bits per heavy atom. The fourth-order valence-electron chi connectivity index (χ4n) is 5.39. The number of hydrogen-bond donors (Lipinski definition) is 0. The van der Waals surface area contributed by atoms with Gasteiger partial charge >= 0.3 is 0 Å². The van der Waals surface area contributed by atoms with Gasteiger partial charge in [-0.15, -0.1) is 16.9 Å². The van der Waals surface area contributed by atoms with Crippen molar-refractivity contribution < 1.29 is 33.6 Å². The lowest BCUT2D eigenvalue weighted by molar-refractivity contribution is -0.138. The van der Waals surface area contributed by atoms with Gasteiger partial charge in [-0.05, 0) is 106 Å². The number of thioether (sulfide) groups is 1. The Kier molecular flexibility index (Phi) is 35.1. The molecule has 1 fully saturated rings. The third-order valence-corrected chi connectivity index (χ3v) is 12.9. The highest BCUT2D eigenvalue weighted by Gasteiger charge is 2.38. The second-order valence-electron chi connectivity index (χ2n) is 23.7. The third kappa shape index (κ3) is 49.6. The number of aromatic nitrogens is 3. The van der Waals surface area contributed by atoms with Gasteiger partial charge in [-0.1, -0.05) is 131 Å². The van der Waals surface area contributed by atoms with Gasteiger partial charge in [-0.2, -0.15) is 0 Å². The molecule has 14 heteroatoms. The summed E-state index contributed by atoms with van der Waals surface area (Å²) in [5.41, 5.74) is 2.24. The SMILES string of the molecule is CC(=O)CC(C)(C)C.CC(=O)CCC(C)(C)C.CC(=O)CCCN1C(=O)CC(SCCC(C)(C)C)C1=O.CC(=O)CCCSSCCC(C)(C)C.CC(=O)Cc1cn(CCC(C)(C)C)nn1. The van der Waals surface area contributed by atoms with E-state index in [1.165, 1.54) is 24.0 Å². The van der Waals surface area contributed by atoms with Crippen LogP contribution in [0.1, 0.15) is 215 Å². The molecule has 1 aliphatic heterocycles. The molecule has 1 aromatic rings. The highest BCUT2D eigenvalue weighted by Crippen LogP contribution is 2.30. The predicted molar refractivity (Wildman–Crippen MR) is 283 cm³/mol. The maximum atomic E-state index is 12.1. The Bertz CT molecular complexity index is 1590. The molecule has 0 aromatic carbocycles. The van der Waals surface area contributed by atoms with Crippen LogP contribution in [0.5, 0.6) is 0 Å². The average molecular weight is 986 g/mol.